The summed E-state index contributed by atoms with van der Waals surface area (Å²) >= 11 is 0. The van der Waals surface area contributed by atoms with E-state index >= 15 is 0 Å². The van der Waals surface area contributed by atoms with Crippen LogP contribution in [0, 0.1) is 34.9 Å². The molecule has 0 fully saturated rings. The van der Waals surface area contributed by atoms with Crippen molar-refractivity contribution in [3.63, 3.8) is 0 Å². The summed E-state index contributed by atoms with van der Waals surface area (Å²) in [7, 11) is 0. The lowest BCUT2D eigenvalue weighted by molar-refractivity contribution is -0.191. The maximum Gasteiger partial charge on any atom is 0.432 e. The van der Waals surface area contributed by atoms with Gasteiger partial charge >= 0.3 is 12.2 Å². The topological polar surface area (TPSA) is 27.7 Å². The Bertz CT molecular complexity index is 1630. The van der Waals surface area contributed by atoms with Crippen LogP contribution in [0.2, 0.25) is 0 Å². The summed E-state index contributed by atoms with van der Waals surface area (Å²) in [6, 6.07) is 5.66. The van der Waals surface area contributed by atoms with Crippen LogP contribution in [0.5, 0.6) is 17.2 Å². The van der Waals surface area contributed by atoms with Crippen molar-refractivity contribution in [3.8, 4) is 28.4 Å². The fraction of sp³-hybridized carbons (Fsp3) is 0.200. The third-order valence-electron chi connectivity index (χ3n) is 6.13. The van der Waals surface area contributed by atoms with Gasteiger partial charge in [-0.25, -0.2) is 30.7 Å². The third kappa shape index (κ3) is 6.84. The van der Waals surface area contributed by atoms with Crippen LogP contribution in [0.1, 0.15) is 30.0 Å². The number of rotatable bonds is 11. The van der Waals surface area contributed by atoms with Crippen LogP contribution in [-0.2, 0) is 18.6 Å². The molecule has 4 aromatic rings. The first-order valence-corrected chi connectivity index (χ1v) is 12.6. The Labute approximate surface area is 242 Å². The highest BCUT2D eigenvalue weighted by Crippen LogP contribution is 2.40. The zero-order chi connectivity index (χ0) is 32.4. The highest BCUT2D eigenvalue weighted by molar-refractivity contribution is 5.66. The van der Waals surface area contributed by atoms with Gasteiger partial charge in [0.1, 0.15) is 40.3 Å². The second kappa shape index (κ2) is 12.6. The van der Waals surface area contributed by atoms with E-state index in [2.05, 4.69) is 14.2 Å². The Balaban J connectivity index is 1.56. The molecular weight excluding hydrogens is 617 g/mol. The van der Waals surface area contributed by atoms with Gasteiger partial charge in [-0.3, -0.25) is 0 Å². The van der Waals surface area contributed by atoms with Gasteiger partial charge in [0.2, 0.25) is 6.86 Å². The van der Waals surface area contributed by atoms with Gasteiger partial charge < -0.3 is 14.2 Å². The van der Waals surface area contributed by atoms with Gasteiger partial charge in [-0.05, 0) is 53.9 Å². The van der Waals surface area contributed by atoms with Crippen molar-refractivity contribution in [1.29, 1.82) is 0 Å². The lowest BCUT2D eigenvalue weighted by Gasteiger charge is -2.22. The molecule has 0 radical (unpaired) electrons. The summed E-state index contributed by atoms with van der Waals surface area (Å²) < 4.78 is 170. The number of benzene rings is 4. The van der Waals surface area contributed by atoms with E-state index in [1.807, 2.05) is 0 Å². The zero-order valence-electron chi connectivity index (χ0n) is 22.3. The molecule has 14 heteroatoms. The first kappa shape index (κ1) is 32.4. The van der Waals surface area contributed by atoms with Crippen molar-refractivity contribution >= 4 is 0 Å². The van der Waals surface area contributed by atoms with Crippen molar-refractivity contribution in [3.05, 3.63) is 112 Å². The second-order valence-electron chi connectivity index (χ2n) is 9.23. The molecule has 4 rings (SSSR count). The number of halogens is 11. The normalized spacial score (nSPS) is 11.9. The largest absolute Gasteiger partial charge is 0.457 e. The van der Waals surface area contributed by atoms with E-state index in [-0.39, 0.29) is 12.1 Å². The van der Waals surface area contributed by atoms with Crippen molar-refractivity contribution < 1.29 is 62.5 Å². The van der Waals surface area contributed by atoms with Crippen molar-refractivity contribution in [2.24, 2.45) is 0 Å². The van der Waals surface area contributed by atoms with Gasteiger partial charge in [0.15, 0.2) is 17.4 Å². The van der Waals surface area contributed by atoms with E-state index in [9.17, 15) is 48.3 Å². The lowest BCUT2D eigenvalue weighted by Crippen LogP contribution is -2.26. The Morgan fingerprint density at radius 1 is 0.614 bits per heavy atom. The van der Waals surface area contributed by atoms with E-state index in [0.717, 1.165) is 18.2 Å². The standard InChI is InChI=1S/C30H19F11O3/c1-2-3-15-4-7-20(22(33)8-15)29(38,39)44-18-12-23(34)27(24(35)13-18)30(40,41)43-17-5-6-19(21(32)11-17)16-9-25(36)28(42-14-31)26(37)10-16/h4-13H,2-3,14H2,1H3. The first-order chi connectivity index (χ1) is 20.7. The molecule has 234 valence electrons. The molecule has 0 saturated carbocycles. The molecular formula is C30H19F11O3. The summed E-state index contributed by atoms with van der Waals surface area (Å²) in [5, 5.41) is 0. The maximum atomic E-state index is 14.8. The minimum Gasteiger partial charge on any atom is -0.457 e. The lowest BCUT2D eigenvalue weighted by atomic mass is 10.0. The molecule has 0 amide bonds. The van der Waals surface area contributed by atoms with E-state index in [1.54, 1.807) is 6.92 Å². The predicted octanol–water partition coefficient (Wildman–Crippen LogP) is 9.70. The highest BCUT2D eigenvalue weighted by atomic mass is 19.3. The Morgan fingerprint density at radius 3 is 1.75 bits per heavy atom. The fourth-order valence-electron chi connectivity index (χ4n) is 4.23. The van der Waals surface area contributed by atoms with E-state index in [0.29, 0.717) is 42.7 Å². The van der Waals surface area contributed by atoms with Gasteiger partial charge in [-0.1, -0.05) is 19.4 Å². The number of aryl methyl sites for hydroxylation is 1. The smallest absolute Gasteiger partial charge is 0.432 e. The van der Waals surface area contributed by atoms with Gasteiger partial charge in [-0.15, -0.1) is 0 Å². The van der Waals surface area contributed by atoms with Crippen molar-refractivity contribution in [2.45, 2.75) is 32.0 Å². The summed E-state index contributed by atoms with van der Waals surface area (Å²) in [4.78, 5) is 0. The maximum absolute atomic E-state index is 14.8. The summed E-state index contributed by atoms with van der Waals surface area (Å²) in [6.07, 6.45) is -8.32. The molecule has 44 heavy (non-hydrogen) atoms. The predicted molar refractivity (Wildman–Crippen MR) is 134 cm³/mol. The van der Waals surface area contributed by atoms with Gasteiger partial charge in [0.05, 0.1) is 5.56 Å². The molecule has 4 aromatic carbocycles. The van der Waals surface area contributed by atoms with Gasteiger partial charge in [0.25, 0.3) is 0 Å². The first-order valence-electron chi connectivity index (χ1n) is 12.6. The molecule has 0 aromatic heterocycles. The monoisotopic (exact) mass is 636 g/mol. The SMILES string of the molecule is CCCc1ccc(C(F)(F)Oc2cc(F)c(C(F)(F)Oc3ccc(-c4cc(F)c(OCF)c(F)c4)c(F)c3)c(F)c2)c(F)c1. The van der Waals surface area contributed by atoms with Crippen molar-refractivity contribution in [2.75, 3.05) is 6.86 Å². The number of hydrogen-bond acceptors (Lipinski definition) is 3. The number of hydrogen-bond donors (Lipinski definition) is 0. The molecule has 0 aliphatic carbocycles. The Hall–Kier alpha value is -4.49. The minimum absolute atomic E-state index is 0.00395. The average molecular weight is 636 g/mol. The summed E-state index contributed by atoms with van der Waals surface area (Å²) in [6.45, 7) is 0.222. The zero-order valence-corrected chi connectivity index (χ0v) is 22.3. The van der Waals surface area contributed by atoms with Crippen molar-refractivity contribution in [1.82, 2.24) is 0 Å². The second-order valence-corrected chi connectivity index (χ2v) is 9.23. The van der Waals surface area contributed by atoms with Crippen LogP contribution >= 0.6 is 0 Å². The Morgan fingerprint density at radius 2 is 1.20 bits per heavy atom. The minimum atomic E-state index is -4.85. The average Bonchev–Trinajstić information content (AvgIpc) is 2.89. The number of alkyl halides is 5. The quantitative estimate of drug-likeness (QED) is 0.154. The van der Waals surface area contributed by atoms with Crippen LogP contribution in [0.3, 0.4) is 0 Å². The molecule has 0 N–H and O–H groups in total. The molecule has 0 bridgehead atoms. The fourth-order valence-corrected chi connectivity index (χ4v) is 4.23. The third-order valence-corrected chi connectivity index (χ3v) is 6.13. The van der Waals surface area contributed by atoms with Gasteiger partial charge in [-0.2, -0.15) is 17.6 Å². The molecule has 0 atom stereocenters. The molecule has 0 aliphatic rings. The van der Waals surface area contributed by atoms with E-state index < -0.39 is 93.5 Å². The van der Waals surface area contributed by atoms with Crippen LogP contribution < -0.4 is 14.2 Å². The van der Waals surface area contributed by atoms with E-state index in [1.165, 1.54) is 6.07 Å². The van der Waals surface area contributed by atoms with Crippen LogP contribution in [-0.4, -0.2) is 6.86 Å². The highest BCUT2D eigenvalue weighted by Gasteiger charge is 2.43. The molecule has 0 heterocycles. The van der Waals surface area contributed by atoms with Gasteiger partial charge in [0, 0.05) is 23.8 Å². The Kier molecular flexibility index (Phi) is 9.30. The van der Waals surface area contributed by atoms with E-state index in [4.69, 9.17) is 0 Å². The van der Waals surface area contributed by atoms with Crippen LogP contribution in [0.15, 0.2) is 60.7 Å². The van der Waals surface area contributed by atoms with Crippen LogP contribution in [0.25, 0.3) is 11.1 Å². The molecule has 0 aliphatic heterocycles. The molecule has 0 spiro atoms. The number of ether oxygens (including phenoxy) is 3. The molecule has 0 saturated heterocycles. The molecule has 0 unspecified atom stereocenters. The summed E-state index contributed by atoms with van der Waals surface area (Å²) in [5.74, 6) is -13.1. The van der Waals surface area contributed by atoms with Crippen LogP contribution in [0.4, 0.5) is 48.3 Å². The summed E-state index contributed by atoms with van der Waals surface area (Å²) in [5.41, 5.74) is -3.88. The molecule has 3 nitrogen and oxygen atoms in total.